The van der Waals surface area contributed by atoms with Crippen LogP contribution in [0.15, 0.2) is 22.7 Å². The lowest BCUT2D eigenvalue weighted by Crippen LogP contribution is -2.34. The van der Waals surface area contributed by atoms with E-state index >= 15 is 0 Å². The highest BCUT2D eigenvalue weighted by Gasteiger charge is 2.18. The summed E-state index contributed by atoms with van der Waals surface area (Å²) < 4.78 is 1.000. The summed E-state index contributed by atoms with van der Waals surface area (Å²) in [6, 6.07) is 6.67. The van der Waals surface area contributed by atoms with Crippen LogP contribution >= 0.6 is 27.5 Å². The van der Waals surface area contributed by atoms with Gasteiger partial charge in [-0.1, -0.05) is 46.4 Å². The third-order valence-electron chi connectivity index (χ3n) is 4.28. The van der Waals surface area contributed by atoms with E-state index in [0.717, 1.165) is 28.0 Å². The molecule has 1 aliphatic rings. The fourth-order valence-corrected chi connectivity index (χ4v) is 3.74. The molecule has 0 spiro atoms. The Labute approximate surface area is 135 Å². The molecule has 1 fully saturated rings. The summed E-state index contributed by atoms with van der Waals surface area (Å²) >= 11 is 9.71. The Morgan fingerprint density at radius 1 is 1.40 bits per heavy atom. The maximum Gasteiger partial charge on any atom is 0.0464 e. The van der Waals surface area contributed by atoms with E-state index in [1.807, 2.05) is 18.2 Å². The molecular weight excluding hydrogens is 336 g/mol. The Morgan fingerprint density at radius 3 is 2.95 bits per heavy atom. The van der Waals surface area contributed by atoms with Crippen LogP contribution in [-0.4, -0.2) is 24.0 Å². The molecule has 112 valence electrons. The molecule has 1 saturated heterocycles. The predicted molar refractivity (Wildman–Crippen MR) is 90.2 cm³/mol. The molecule has 2 nitrogen and oxygen atoms in total. The van der Waals surface area contributed by atoms with Gasteiger partial charge in [-0.25, -0.2) is 0 Å². The van der Waals surface area contributed by atoms with Crippen LogP contribution in [-0.2, 0) is 0 Å². The molecule has 2 rings (SSSR count). The average molecular weight is 360 g/mol. The van der Waals surface area contributed by atoms with Crippen molar-refractivity contribution in [2.24, 2.45) is 5.73 Å². The molecule has 2 unspecified atom stereocenters. The second-order valence-electron chi connectivity index (χ2n) is 5.80. The van der Waals surface area contributed by atoms with E-state index in [0.29, 0.717) is 6.04 Å². The first-order valence-electron chi connectivity index (χ1n) is 7.52. The van der Waals surface area contributed by atoms with Gasteiger partial charge in [0.1, 0.15) is 0 Å². The van der Waals surface area contributed by atoms with E-state index in [-0.39, 0.29) is 6.04 Å². The van der Waals surface area contributed by atoms with Crippen molar-refractivity contribution in [2.45, 2.75) is 51.1 Å². The van der Waals surface area contributed by atoms with Crippen molar-refractivity contribution in [2.75, 3.05) is 13.1 Å². The zero-order valence-electron chi connectivity index (χ0n) is 12.1. The van der Waals surface area contributed by atoms with Crippen LogP contribution in [0.1, 0.15) is 50.6 Å². The third-order valence-corrected chi connectivity index (χ3v) is 5.10. The SMILES string of the molecule is CC1CCCCCN1CCC(N)c1ccc(Br)cc1Cl. The fourth-order valence-electron chi connectivity index (χ4n) is 2.93. The van der Waals surface area contributed by atoms with Gasteiger partial charge in [-0.3, -0.25) is 0 Å². The van der Waals surface area contributed by atoms with E-state index in [9.17, 15) is 0 Å². The number of benzene rings is 1. The lowest BCUT2D eigenvalue weighted by molar-refractivity contribution is 0.206. The first-order valence-corrected chi connectivity index (χ1v) is 8.69. The topological polar surface area (TPSA) is 29.3 Å². The lowest BCUT2D eigenvalue weighted by Gasteiger charge is -2.28. The molecule has 0 bridgehead atoms. The van der Waals surface area contributed by atoms with Crippen molar-refractivity contribution in [3.05, 3.63) is 33.3 Å². The molecule has 0 saturated carbocycles. The number of nitrogens with zero attached hydrogens (tertiary/aromatic N) is 1. The van der Waals surface area contributed by atoms with Crippen molar-refractivity contribution in [3.8, 4) is 0 Å². The maximum atomic E-state index is 6.32. The minimum Gasteiger partial charge on any atom is -0.324 e. The van der Waals surface area contributed by atoms with Crippen LogP contribution in [0.4, 0.5) is 0 Å². The van der Waals surface area contributed by atoms with Gasteiger partial charge in [0.15, 0.2) is 0 Å². The number of likely N-dealkylation sites (tertiary alicyclic amines) is 1. The standard InChI is InChI=1S/C16H24BrClN2/c1-12-5-3-2-4-9-20(12)10-8-16(19)14-7-6-13(17)11-15(14)18/h6-7,11-12,16H,2-5,8-10,19H2,1H3. The van der Waals surface area contributed by atoms with Gasteiger partial charge in [0.25, 0.3) is 0 Å². The first-order chi connectivity index (χ1) is 9.58. The Hall–Kier alpha value is -0.0900. The summed E-state index contributed by atoms with van der Waals surface area (Å²) in [6.45, 7) is 4.61. The molecule has 1 aliphatic heterocycles. The van der Waals surface area contributed by atoms with Crippen molar-refractivity contribution in [1.29, 1.82) is 0 Å². The van der Waals surface area contributed by atoms with Gasteiger partial charge in [0.05, 0.1) is 0 Å². The van der Waals surface area contributed by atoms with Gasteiger partial charge in [0.2, 0.25) is 0 Å². The van der Waals surface area contributed by atoms with Crippen LogP contribution in [0.25, 0.3) is 0 Å². The summed E-state index contributed by atoms with van der Waals surface area (Å²) in [7, 11) is 0. The Balaban J connectivity index is 1.92. The molecule has 0 aliphatic carbocycles. The normalized spacial score (nSPS) is 22.5. The first kappa shape index (κ1) is 16.3. The van der Waals surface area contributed by atoms with Crippen molar-refractivity contribution in [1.82, 2.24) is 4.90 Å². The number of nitrogens with two attached hydrogens (primary N) is 1. The summed E-state index contributed by atoms with van der Waals surface area (Å²) in [5, 5.41) is 0.760. The van der Waals surface area contributed by atoms with Gasteiger partial charge < -0.3 is 10.6 Å². The fraction of sp³-hybridized carbons (Fsp3) is 0.625. The van der Waals surface area contributed by atoms with Crippen LogP contribution in [0, 0.1) is 0 Å². The van der Waals surface area contributed by atoms with Gasteiger partial charge >= 0.3 is 0 Å². The molecule has 0 aromatic heterocycles. The minimum atomic E-state index is 0.0195. The Bertz CT molecular complexity index is 438. The summed E-state index contributed by atoms with van der Waals surface area (Å²) in [5.74, 6) is 0. The zero-order chi connectivity index (χ0) is 14.5. The highest BCUT2D eigenvalue weighted by Crippen LogP contribution is 2.27. The Morgan fingerprint density at radius 2 is 2.20 bits per heavy atom. The van der Waals surface area contributed by atoms with Crippen LogP contribution in [0.5, 0.6) is 0 Å². The van der Waals surface area contributed by atoms with E-state index in [1.54, 1.807) is 0 Å². The van der Waals surface area contributed by atoms with E-state index in [4.69, 9.17) is 17.3 Å². The van der Waals surface area contributed by atoms with Crippen LogP contribution in [0.2, 0.25) is 5.02 Å². The molecular formula is C16H24BrClN2. The van der Waals surface area contributed by atoms with E-state index in [2.05, 4.69) is 27.8 Å². The molecule has 20 heavy (non-hydrogen) atoms. The van der Waals surface area contributed by atoms with Gasteiger partial charge in [-0.2, -0.15) is 0 Å². The maximum absolute atomic E-state index is 6.32. The molecule has 2 N–H and O–H groups in total. The van der Waals surface area contributed by atoms with E-state index < -0.39 is 0 Å². The molecule has 2 atom stereocenters. The molecule has 0 radical (unpaired) electrons. The molecule has 0 amide bonds. The average Bonchev–Trinajstić information content (AvgIpc) is 2.61. The number of halogens is 2. The lowest BCUT2D eigenvalue weighted by atomic mass is 10.0. The van der Waals surface area contributed by atoms with Crippen LogP contribution < -0.4 is 5.73 Å². The second kappa shape index (κ2) is 7.79. The second-order valence-corrected chi connectivity index (χ2v) is 7.12. The smallest absolute Gasteiger partial charge is 0.0464 e. The third kappa shape index (κ3) is 4.45. The van der Waals surface area contributed by atoms with Crippen molar-refractivity contribution >= 4 is 27.5 Å². The van der Waals surface area contributed by atoms with Gasteiger partial charge in [-0.15, -0.1) is 0 Å². The molecule has 1 heterocycles. The Kier molecular flexibility index (Phi) is 6.34. The predicted octanol–water partition coefficient (Wildman–Crippen LogP) is 4.76. The zero-order valence-corrected chi connectivity index (χ0v) is 14.5. The number of rotatable bonds is 4. The summed E-state index contributed by atoms with van der Waals surface area (Å²) in [6.07, 6.45) is 6.33. The number of hydrogen-bond acceptors (Lipinski definition) is 2. The van der Waals surface area contributed by atoms with Gasteiger partial charge in [-0.05, 0) is 50.4 Å². The monoisotopic (exact) mass is 358 g/mol. The minimum absolute atomic E-state index is 0.0195. The summed E-state index contributed by atoms with van der Waals surface area (Å²) in [4.78, 5) is 2.58. The van der Waals surface area contributed by atoms with E-state index in [1.165, 1.54) is 32.2 Å². The van der Waals surface area contributed by atoms with Gasteiger partial charge in [0, 0.05) is 28.1 Å². The van der Waals surface area contributed by atoms with Crippen molar-refractivity contribution in [3.63, 3.8) is 0 Å². The molecule has 1 aromatic rings. The highest BCUT2D eigenvalue weighted by molar-refractivity contribution is 9.10. The highest BCUT2D eigenvalue weighted by atomic mass is 79.9. The molecule has 1 aromatic carbocycles. The van der Waals surface area contributed by atoms with Crippen molar-refractivity contribution < 1.29 is 0 Å². The number of hydrogen-bond donors (Lipinski definition) is 1. The van der Waals surface area contributed by atoms with Crippen LogP contribution in [0.3, 0.4) is 0 Å². The largest absolute Gasteiger partial charge is 0.324 e. The molecule has 4 heteroatoms. The summed E-state index contributed by atoms with van der Waals surface area (Å²) in [5.41, 5.74) is 7.37. The quantitative estimate of drug-likeness (QED) is 0.840.